The van der Waals surface area contributed by atoms with E-state index in [1.807, 2.05) is 0 Å². The van der Waals surface area contributed by atoms with E-state index >= 15 is 0 Å². The maximum absolute atomic E-state index is 12.4. The molecular formula is C10H8F3N3O. The molecule has 0 radical (unpaired) electrons. The summed E-state index contributed by atoms with van der Waals surface area (Å²) in [6.07, 6.45) is -4.68. The van der Waals surface area contributed by atoms with Gasteiger partial charge in [0, 0.05) is 0 Å². The molecule has 1 aromatic carbocycles. The molecular weight excluding hydrogens is 235 g/mol. The van der Waals surface area contributed by atoms with Crippen LogP contribution in [-0.2, 0) is 17.4 Å². The molecule has 2 aromatic rings. The molecule has 0 unspecified atom stereocenters. The van der Waals surface area contributed by atoms with Crippen LogP contribution in [0.2, 0.25) is 0 Å². The Morgan fingerprint density at radius 3 is 2.71 bits per heavy atom. The number of fused-ring (bicyclic) bond motifs is 1. The predicted molar refractivity (Wildman–Crippen MR) is 54.0 cm³/mol. The van der Waals surface area contributed by atoms with Crippen molar-refractivity contribution in [2.24, 2.45) is 5.73 Å². The van der Waals surface area contributed by atoms with E-state index in [4.69, 9.17) is 5.73 Å². The molecule has 0 aliphatic heterocycles. The van der Waals surface area contributed by atoms with Gasteiger partial charge < -0.3 is 10.7 Å². The molecule has 0 bridgehead atoms. The summed E-state index contributed by atoms with van der Waals surface area (Å²) in [6, 6.07) is 4.52. The van der Waals surface area contributed by atoms with Crippen LogP contribution < -0.4 is 5.73 Å². The Kier molecular flexibility index (Phi) is 2.53. The standard InChI is InChI=1S/C10H8F3N3O/c11-10(12,13)9-15-6-3-1-2-5(4-7(14)17)8(6)16-9/h1-3H,4H2,(H2,14,17)(H,15,16). The van der Waals surface area contributed by atoms with Gasteiger partial charge >= 0.3 is 6.18 Å². The number of carbonyl (C=O) groups is 1. The molecule has 0 spiro atoms. The van der Waals surface area contributed by atoms with Gasteiger partial charge in [0.25, 0.3) is 0 Å². The van der Waals surface area contributed by atoms with Crippen LogP contribution in [0.1, 0.15) is 11.4 Å². The Bertz CT molecular complexity index is 574. The molecule has 17 heavy (non-hydrogen) atoms. The topological polar surface area (TPSA) is 71.8 Å². The largest absolute Gasteiger partial charge is 0.449 e. The van der Waals surface area contributed by atoms with Gasteiger partial charge in [-0.1, -0.05) is 12.1 Å². The number of hydrogen-bond acceptors (Lipinski definition) is 2. The van der Waals surface area contributed by atoms with Gasteiger partial charge in [0.05, 0.1) is 17.5 Å². The number of nitrogens with two attached hydrogens (primary N) is 1. The first-order valence-electron chi connectivity index (χ1n) is 4.71. The van der Waals surface area contributed by atoms with Crippen molar-refractivity contribution in [3.05, 3.63) is 29.6 Å². The summed E-state index contributed by atoms with van der Waals surface area (Å²) < 4.78 is 37.3. The van der Waals surface area contributed by atoms with E-state index in [-0.39, 0.29) is 17.5 Å². The highest BCUT2D eigenvalue weighted by Gasteiger charge is 2.34. The summed E-state index contributed by atoms with van der Waals surface area (Å²) in [5, 5.41) is 0. The molecule has 0 saturated carbocycles. The second-order valence-corrected chi connectivity index (χ2v) is 3.54. The van der Waals surface area contributed by atoms with Crippen LogP contribution in [0.5, 0.6) is 0 Å². The van der Waals surface area contributed by atoms with Crippen LogP contribution in [0.15, 0.2) is 18.2 Å². The summed E-state index contributed by atoms with van der Waals surface area (Å²) in [6.45, 7) is 0. The van der Waals surface area contributed by atoms with Gasteiger partial charge in [-0.3, -0.25) is 4.79 Å². The van der Waals surface area contributed by atoms with Gasteiger partial charge in [-0.25, -0.2) is 4.98 Å². The second-order valence-electron chi connectivity index (χ2n) is 3.54. The van der Waals surface area contributed by atoms with Gasteiger partial charge in [-0.2, -0.15) is 13.2 Å². The zero-order valence-corrected chi connectivity index (χ0v) is 8.51. The molecule has 0 saturated heterocycles. The molecule has 1 aromatic heterocycles. The summed E-state index contributed by atoms with van der Waals surface area (Å²) in [4.78, 5) is 16.4. The summed E-state index contributed by atoms with van der Waals surface area (Å²) >= 11 is 0. The fourth-order valence-corrected chi connectivity index (χ4v) is 1.56. The highest BCUT2D eigenvalue weighted by Crippen LogP contribution is 2.29. The first kappa shape index (κ1) is 11.4. The number of primary amides is 1. The fraction of sp³-hybridized carbons (Fsp3) is 0.200. The molecule has 1 heterocycles. The zero-order valence-electron chi connectivity index (χ0n) is 8.51. The lowest BCUT2D eigenvalue weighted by Crippen LogP contribution is -2.13. The van der Waals surface area contributed by atoms with E-state index in [9.17, 15) is 18.0 Å². The number of nitrogens with zero attached hydrogens (tertiary/aromatic N) is 1. The first-order valence-corrected chi connectivity index (χ1v) is 4.71. The molecule has 0 aliphatic carbocycles. The van der Waals surface area contributed by atoms with Gasteiger partial charge in [-0.05, 0) is 11.6 Å². The van der Waals surface area contributed by atoms with Crippen LogP contribution >= 0.6 is 0 Å². The number of para-hydroxylation sites is 1. The third-order valence-corrected chi connectivity index (χ3v) is 2.23. The molecule has 7 heteroatoms. The summed E-state index contributed by atoms with van der Waals surface area (Å²) in [5.74, 6) is -1.70. The lowest BCUT2D eigenvalue weighted by atomic mass is 10.1. The van der Waals surface area contributed by atoms with Crippen molar-refractivity contribution in [3.63, 3.8) is 0 Å². The minimum atomic E-state index is -4.54. The predicted octanol–water partition coefficient (Wildman–Crippen LogP) is 1.61. The highest BCUT2D eigenvalue weighted by atomic mass is 19.4. The number of aromatic amines is 1. The molecule has 2 rings (SSSR count). The minimum Gasteiger partial charge on any atom is -0.369 e. The Labute approximate surface area is 93.6 Å². The number of nitrogens with one attached hydrogen (secondary N) is 1. The Hall–Kier alpha value is -2.05. The van der Waals surface area contributed by atoms with Crippen LogP contribution in [0.3, 0.4) is 0 Å². The van der Waals surface area contributed by atoms with E-state index in [0.717, 1.165) is 0 Å². The molecule has 4 nitrogen and oxygen atoms in total. The number of hydrogen-bond donors (Lipinski definition) is 2. The maximum Gasteiger partial charge on any atom is 0.449 e. The lowest BCUT2D eigenvalue weighted by Gasteiger charge is -1.99. The normalized spacial score (nSPS) is 11.9. The lowest BCUT2D eigenvalue weighted by molar-refractivity contribution is -0.144. The number of rotatable bonds is 2. The highest BCUT2D eigenvalue weighted by molar-refractivity contribution is 5.85. The van der Waals surface area contributed by atoms with E-state index in [2.05, 4.69) is 9.97 Å². The first-order chi connectivity index (χ1) is 7.88. The van der Waals surface area contributed by atoms with Gasteiger partial charge in [0.1, 0.15) is 0 Å². The number of aromatic nitrogens is 2. The molecule has 90 valence electrons. The van der Waals surface area contributed by atoms with Gasteiger partial charge in [-0.15, -0.1) is 0 Å². The van der Waals surface area contributed by atoms with Crippen molar-refractivity contribution in [3.8, 4) is 0 Å². The number of benzene rings is 1. The number of halogens is 3. The van der Waals surface area contributed by atoms with Gasteiger partial charge in [0.15, 0.2) is 0 Å². The Balaban J connectivity index is 2.57. The van der Waals surface area contributed by atoms with E-state index < -0.39 is 17.9 Å². The number of H-pyrrole nitrogens is 1. The number of imidazole rings is 1. The van der Waals surface area contributed by atoms with E-state index in [0.29, 0.717) is 5.56 Å². The SMILES string of the molecule is NC(=O)Cc1cccc2[nH]c(C(F)(F)F)nc12. The van der Waals surface area contributed by atoms with Crippen molar-refractivity contribution < 1.29 is 18.0 Å². The molecule has 0 atom stereocenters. The fourth-order valence-electron chi connectivity index (χ4n) is 1.56. The van der Waals surface area contributed by atoms with Crippen LogP contribution in [-0.4, -0.2) is 15.9 Å². The molecule has 1 amide bonds. The van der Waals surface area contributed by atoms with Crippen molar-refractivity contribution in [2.45, 2.75) is 12.6 Å². The van der Waals surface area contributed by atoms with Crippen molar-refractivity contribution in [1.29, 1.82) is 0 Å². The van der Waals surface area contributed by atoms with E-state index in [1.165, 1.54) is 12.1 Å². The van der Waals surface area contributed by atoms with Crippen LogP contribution in [0.4, 0.5) is 13.2 Å². The Morgan fingerprint density at radius 2 is 2.12 bits per heavy atom. The van der Waals surface area contributed by atoms with E-state index in [1.54, 1.807) is 6.07 Å². The van der Waals surface area contributed by atoms with Gasteiger partial charge in [0.2, 0.25) is 11.7 Å². The minimum absolute atomic E-state index is 0.124. The smallest absolute Gasteiger partial charge is 0.369 e. The quantitative estimate of drug-likeness (QED) is 0.841. The summed E-state index contributed by atoms with van der Waals surface area (Å²) in [7, 11) is 0. The number of alkyl halides is 3. The monoisotopic (exact) mass is 243 g/mol. The number of amides is 1. The van der Waals surface area contributed by atoms with Crippen molar-refractivity contribution >= 4 is 16.9 Å². The molecule has 0 fully saturated rings. The van der Waals surface area contributed by atoms with Crippen molar-refractivity contribution in [1.82, 2.24) is 9.97 Å². The summed E-state index contributed by atoms with van der Waals surface area (Å²) in [5.41, 5.74) is 5.74. The average Bonchev–Trinajstić information content (AvgIpc) is 2.60. The van der Waals surface area contributed by atoms with Crippen molar-refractivity contribution in [2.75, 3.05) is 0 Å². The zero-order chi connectivity index (χ0) is 12.6. The molecule has 3 N–H and O–H groups in total. The third-order valence-electron chi connectivity index (χ3n) is 2.23. The average molecular weight is 243 g/mol. The van der Waals surface area contributed by atoms with Crippen LogP contribution in [0, 0.1) is 0 Å². The maximum atomic E-state index is 12.4. The second kappa shape index (κ2) is 3.76. The third kappa shape index (κ3) is 2.22. The van der Waals surface area contributed by atoms with Crippen LogP contribution in [0.25, 0.3) is 11.0 Å². The number of carbonyl (C=O) groups excluding carboxylic acids is 1. The Morgan fingerprint density at radius 1 is 1.41 bits per heavy atom. The molecule has 0 aliphatic rings.